The molecule has 2 N–H and O–H groups in total. The number of hydrogen-bond acceptors (Lipinski definition) is 3. The molecule has 0 fully saturated rings. The van der Waals surface area contributed by atoms with Gasteiger partial charge in [-0.2, -0.15) is 0 Å². The van der Waals surface area contributed by atoms with Crippen molar-refractivity contribution in [1.82, 2.24) is 0 Å². The zero-order chi connectivity index (χ0) is 7.21. The fraction of sp³-hybridized carbons (Fsp3) is 0. The van der Waals surface area contributed by atoms with Crippen LogP contribution in [0.25, 0.3) is 0 Å². The van der Waals surface area contributed by atoms with Crippen LogP contribution in [0, 0.1) is 0 Å². The zero-order valence-corrected chi connectivity index (χ0v) is 8.68. The summed E-state index contributed by atoms with van der Waals surface area (Å²) in [4.78, 5) is 14.7. The fourth-order valence-corrected chi connectivity index (χ4v) is 0. The van der Waals surface area contributed by atoms with Crippen LogP contribution < -0.4 is 29.6 Å². The summed E-state index contributed by atoms with van der Waals surface area (Å²) in [6.07, 6.45) is 0. The van der Waals surface area contributed by atoms with Gasteiger partial charge in [-0.3, -0.25) is 0 Å². The number of halogens is 1. The van der Waals surface area contributed by atoms with Crippen molar-refractivity contribution in [3.8, 4) is 0 Å². The van der Waals surface area contributed by atoms with Crippen LogP contribution >= 0.6 is 7.82 Å². The Hall–Kier alpha value is 1.42. The van der Waals surface area contributed by atoms with E-state index in [0.717, 1.165) is 17.4 Å². The van der Waals surface area contributed by atoms with Crippen LogP contribution in [0.2, 0.25) is 0 Å². The van der Waals surface area contributed by atoms with Crippen LogP contribution in [0.1, 0.15) is 1.43 Å². The van der Waals surface area contributed by atoms with Crippen molar-refractivity contribution in [3.05, 3.63) is 0 Å². The average molecular weight is 207 g/mol. The standard InChI is InChI=1S/FH2O4P.Na.O.V.H/c1-5-6(2,3)4;;;;/h(H2,2,3,4);;;;/q;+1;;;-1. The van der Waals surface area contributed by atoms with Crippen LogP contribution in [0.15, 0.2) is 0 Å². The van der Waals surface area contributed by atoms with Gasteiger partial charge in [0.05, 0.1) is 0 Å². The molecule has 9 heteroatoms. The molecule has 0 atom stereocenters. The van der Waals surface area contributed by atoms with E-state index in [-0.39, 0.29) is 31.0 Å². The van der Waals surface area contributed by atoms with Gasteiger partial charge in [-0.15, -0.1) is 0 Å². The van der Waals surface area contributed by atoms with E-state index in [2.05, 4.69) is 4.73 Å². The summed E-state index contributed by atoms with van der Waals surface area (Å²) in [5.74, 6) is 0. The molecule has 0 heterocycles. The van der Waals surface area contributed by atoms with Gasteiger partial charge in [0.2, 0.25) is 0 Å². The molecule has 5 nitrogen and oxygen atoms in total. The normalized spacial score (nSPS) is 8.22. The molecule has 0 bridgehead atoms. The van der Waals surface area contributed by atoms with Crippen LogP contribution in [-0.4, -0.2) is 9.79 Å². The maximum absolute atomic E-state index is 10.2. The predicted octanol–water partition coefficient (Wildman–Crippen LogP) is -3.02. The molecule has 0 unspecified atom stereocenters. The SMILES string of the molecule is O=P(O)(O)OF.[H-].[Na+].[O]=[V]. The number of rotatable bonds is 1. The molecule has 0 aliphatic rings. The summed E-state index contributed by atoms with van der Waals surface area (Å²) < 4.78 is 29.6. The van der Waals surface area contributed by atoms with Crippen LogP contribution in [-0.2, 0) is 30.3 Å². The molecule has 0 radical (unpaired) electrons. The summed E-state index contributed by atoms with van der Waals surface area (Å²) in [6.45, 7) is 0. The Bertz CT molecular complexity index is 95.6. The van der Waals surface area contributed by atoms with Gasteiger partial charge in [-0.1, -0.05) is 4.73 Å². The number of hydrogen-bond donors (Lipinski definition) is 2. The molecule has 0 spiro atoms. The molecular formula is H3FNaO5PV. The molecule has 0 saturated carbocycles. The molecule has 0 aromatic heterocycles. The summed E-state index contributed by atoms with van der Waals surface area (Å²) >= 11 is 1.06. The molecular weight excluding hydrogens is 204 g/mol. The quantitative estimate of drug-likeness (QED) is 0.353. The molecule has 51 valence electrons. The summed E-state index contributed by atoms with van der Waals surface area (Å²) in [5.41, 5.74) is 0. The molecule has 0 saturated heterocycles. The molecule has 0 aliphatic carbocycles. The molecule has 0 amide bonds. The van der Waals surface area contributed by atoms with Crippen molar-refractivity contribution in [2.45, 2.75) is 0 Å². The minimum atomic E-state index is -4.81. The van der Waals surface area contributed by atoms with E-state index >= 15 is 0 Å². The first kappa shape index (κ1) is 16.8. The van der Waals surface area contributed by atoms with Gasteiger partial charge < -0.3 is 11.2 Å². The van der Waals surface area contributed by atoms with E-state index in [0.29, 0.717) is 0 Å². The maximum atomic E-state index is 10.2. The summed E-state index contributed by atoms with van der Waals surface area (Å²) in [6, 6.07) is 0. The van der Waals surface area contributed by atoms with Crippen molar-refractivity contribution in [1.29, 1.82) is 0 Å². The Morgan fingerprint density at radius 1 is 1.56 bits per heavy atom. The Morgan fingerprint density at radius 3 is 1.67 bits per heavy atom. The second kappa shape index (κ2) is 9.42. The third-order valence-electron chi connectivity index (χ3n) is 0.0899. The van der Waals surface area contributed by atoms with Crippen molar-refractivity contribution in [2.24, 2.45) is 0 Å². The second-order valence-electron chi connectivity index (χ2n) is 0.560. The second-order valence-corrected chi connectivity index (χ2v) is 1.68. The van der Waals surface area contributed by atoms with E-state index in [1.54, 1.807) is 0 Å². The van der Waals surface area contributed by atoms with Crippen molar-refractivity contribution in [2.75, 3.05) is 0 Å². The number of phosphoric acid groups is 1. The zero-order valence-electron chi connectivity index (χ0n) is 5.39. The molecule has 0 rings (SSSR count). The van der Waals surface area contributed by atoms with Crippen molar-refractivity contribution < 1.29 is 75.6 Å². The van der Waals surface area contributed by atoms with Gasteiger partial charge in [0.15, 0.2) is 0 Å². The fourth-order valence-electron chi connectivity index (χ4n) is 0. The van der Waals surface area contributed by atoms with Gasteiger partial charge in [0, 0.05) is 0 Å². The van der Waals surface area contributed by atoms with Crippen LogP contribution in [0.5, 0.6) is 0 Å². The van der Waals surface area contributed by atoms with E-state index in [1.807, 2.05) is 0 Å². The summed E-state index contributed by atoms with van der Waals surface area (Å²) in [5, 5.41) is 0. The minimum absolute atomic E-state index is 0. The monoisotopic (exact) mass is 207 g/mol. The first-order chi connectivity index (χ1) is 3.56. The average Bonchev–Trinajstić information content (AvgIpc) is 1.71. The van der Waals surface area contributed by atoms with Crippen LogP contribution in [0.4, 0.5) is 4.53 Å². The Morgan fingerprint density at radius 2 is 1.67 bits per heavy atom. The molecule has 0 aromatic rings. The first-order valence-electron chi connectivity index (χ1n) is 1.10. The molecule has 0 aromatic carbocycles. The van der Waals surface area contributed by atoms with Crippen molar-refractivity contribution in [3.63, 3.8) is 0 Å². The van der Waals surface area contributed by atoms with Crippen molar-refractivity contribution >= 4 is 7.82 Å². The third kappa shape index (κ3) is 26.5. The van der Waals surface area contributed by atoms with E-state index in [4.69, 9.17) is 18.0 Å². The van der Waals surface area contributed by atoms with Gasteiger partial charge in [0.25, 0.3) is 0 Å². The van der Waals surface area contributed by atoms with E-state index < -0.39 is 7.82 Å². The Kier molecular flexibility index (Phi) is 17.6. The summed E-state index contributed by atoms with van der Waals surface area (Å²) in [7, 11) is -4.81. The van der Waals surface area contributed by atoms with Gasteiger partial charge in [0.1, 0.15) is 0 Å². The van der Waals surface area contributed by atoms with Crippen LogP contribution in [0.3, 0.4) is 0 Å². The third-order valence-corrected chi connectivity index (χ3v) is 0.270. The Labute approximate surface area is 83.1 Å². The van der Waals surface area contributed by atoms with Gasteiger partial charge in [-0.25, -0.2) is 4.57 Å². The topological polar surface area (TPSA) is 83.8 Å². The van der Waals surface area contributed by atoms with Gasteiger partial charge >= 0.3 is 58.4 Å². The van der Waals surface area contributed by atoms with E-state index in [1.165, 1.54) is 0 Å². The first-order valence-corrected chi connectivity index (χ1v) is 3.20. The van der Waals surface area contributed by atoms with Gasteiger partial charge in [-0.05, 0) is 4.53 Å². The molecule has 9 heavy (non-hydrogen) atoms. The predicted molar refractivity (Wildman–Crippen MR) is 16.0 cm³/mol. The van der Waals surface area contributed by atoms with E-state index in [9.17, 15) is 4.53 Å². The molecule has 0 aliphatic heterocycles. The Balaban J connectivity index is -0.0000000412.